The Hall–Kier alpha value is -2.22. The summed E-state index contributed by atoms with van der Waals surface area (Å²) in [4.78, 5) is 25.2. The van der Waals surface area contributed by atoms with Crippen molar-refractivity contribution in [2.75, 3.05) is 16.5 Å². The number of carbonyl (C=O) groups is 2. The van der Waals surface area contributed by atoms with Crippen molar-refractivity contribution in [3.05, 3.63) is 29.3 Å². The Morgan fingerprint density at radius 3 is 2.60 bits per heavy atom. The maximum atomic E-state index is 12.7. The van der Waals surface area contributed by atoms with Gasteiger partial charge in [0.15, 0.2) is 15.8 Å². The number of carbonyl (C=O) groups excluding carboxylic acids is 2. The molecule has 2 heterocycles. The molecule has 25 heavy (non-hydrogen) atoms. The van der Waals surface area contributed by atoms with E-state index < -0.39 is 33.6 Å². The number of rotatable bonds is 3. The van der Waals surface area contributed by atoms with E-state index in [1.54, 1.807) is 6.92 Å². The fourth-order valence-corrected chi connectivity index (χ4v) is 4.95. The van der Waals surface area contributed by atoms with Crippen molar-refractivity contribution in [1.82, 2.24) is 5.32 Å². The number of hydrazone groups is 1. The van der Waals surface area contributed by atoms with Crippen LogP contribution < -0.4 is 10.3 Å². The third kappa shape index (κ3) is 3.44. The van der Waals surface area contributed by atoms with Crippen molar-refractivity contribution in [2.24, 2.45) is 11.0 Å². The van der Waals surface area contributed by atoms with E-state index in [-0.39, 0.29) is 11.5 Å². The summed E-state index contributed by atoms with van der Waals surface area (Å²) in [7, 11) is -3.10. The molecular weight excluding hydrogens is 342 g/mol. The van der Waals surface area contributed by atoms with Gasteiger partial charge in [-0.3, -0.25) is 9.59 Å². The summed E-state index contributed by atoms with van der Waals surface area (Å²) >= 11 is 0. The number of aryl methyl sites for hydroxylation is 2. The van der Waals surface area contributed by atoms with Crippen LogP contribution in [0.2, 0.25) is 0 Å². The van der Waals surface area contributed by atoms with Crippen molar-refractivity contribution in [3.8, 4) is 0 Å². The molecule has 2 aliphatic heterocycles. The lowest BCUT2D eigenvalue weighted by atomic mass is 10.0. The molecule has 0 radical (unpaired) electrons. The first kappa shape index (κ1) is 17.6. The van der Waals surface area contributed by atoms with Crippen molar-refractivity contribution in [1.29, 1.82) is 0 Å². The number of anilines is 1. The van der Waals surface area contributed by atoms with Gasteiger partial charge >= 0.3 is 0 Å². The van der Waals surface area contributed by atoms with Crippen LogP contribution in [0.25, 0.3) is 0 Å². The first-order valence-electron chi connectivity index (χ1n) is 8.15. The zero-order chi connectivity index (χ0) is 18.4. The fourth-order valence-electron chi connectivity index (χ4n) is 3.28. The minimum atomic E-state index is -3.10. The molecule has 0 spiro atoms. The molecule has 1 saturated heterocycles. The summed E-state index contributed by atoms with van der Waals surface area (Å²) in [6.45, 7) is 5.48. The molecule has 2 atom stereocenters. The van der Waals surface area contributed by atoms with Crippen LogP contribution in [-0.2, 0) is 19.4 Å². The van der Waals surface area contributed by atoms with Crippen LogP contribution in [0.15, 0.2) is 23.3 Å². The molecular formula is C17H21N3O4S. The van der Waals surface area contributed by atoms with Crippen molar-refractivity contribution >= 4 is 33.1 Å². The fraction of sp³-hybridized carbons (Fsp3) is 0.471. The first-order chi connectivity index (χ1) is 11.7. The number of nitrogens with zero attached hydrogens (tertiary/aromatic N) is 2. The van der Waals surface area contributed by atoms with Gasteiger partial charge in [-0.25, -0.2) is 8.42 Å². The number of sulfone groups is 1. The molecule has 8 heteroatoms. The SMILES string of the molecule is CC1=NN(c2ccc(C)cc2C)C(=O)[C@@H]1C(=O)N[C@@H]1CCS(=O)(=O)C1. The van der Waals surface area contributed by atoms with Crippen molar-refractivity contribution < 1.29 is 18.0 Å². The smallest absolute Gasteiger partial charge is 0.265 e. The summed E-state index contributed by atoms with van der Waals surface area (Å²) in [5.74, 6) is -1.91. The molecule has 0 bridgehead atoms. The lowest BCUT2D eigenvalue weighted by molar-refractivity contribution is -0.130. The third-order valence-corrected chi connectivity index (χ3v) is 6.32. The van der Waals surface area contributed by atoms with Crippen LogP contribution in [0.1, 0.15) is 24.5 Å². The lowest BCUT2D eigenvalue weighted by Crippen LogP contribution is -2.45. The molecule has 7 nitrogen and oxygen atoms in total. The topological polar surface area (TPSA) is 95.9 Å². The van der Waals surface area contributed by atoms with Crippen LogP contribution in [-0.4, -0.2) is 43.5 Å². The average Bonchev–Trinajstić information content (AvgIpc) is 2.98. The minimum absolute atomic E-state index is 0.0678. The average molecular weight is 363 g/mol. The Morgan fingerprint density at radius 2 is 2.00 bits per heavy atom. The summed E-state index contributed by atoms with van der Waals surface area (Å²) < 4.78 is 23.0. The quantitative estimate of drug-likeness (QED) is 0.809. The van der Waals surface area contributed by atoms with Gasteiger partial charge in [0.2, 0.25) is 5.91 Å². The molecule has 1 fully saturated rings. The molecule has 0 aromatic heterocycles. The van der Waals surface area contributed by atoms with Crippen LogP contribution in [0.5, 0.6) is 0 Å². The molecule has 1 aromatic rings. The third-order valence-electron chi connectivity index (χ3n) is 4.55. The van der Waals surface area contributed by atoms with E-state index in [0.717, 1.165) is 11.1 Å². The highest BCUT2D eigenvalue weighted by Gasteiger charge is 2.41. The zero-order valence-electron chi connectivity index (χ0n) is 14.4. The monoisotopic (exact) mass is 363 g/mol. The van der Waals surface area contributed by atoms with E-state index in [9.17, 15) is 18.0 Å². The molecule has 1 aromatic carbocycles. The number of nitrogens with one attached hydrogen (secondary N) is 1. The Balaban J connectivity index is 1.77. The molecule has 3 rings (SSSR count). The van der Waals surface area contributed by atoms with Crippen molar-refractivity contribution in [3.63, 3.8) is 0 Å². The Kier molecular flexibility index (Phi) is 4.40. The van der Waals surface area contributed by atoms with E-state index in [1.807, 2.05) is 32.0 Å². The van der Waals surface area contributed by atoms with Crippen LogP contribution >= 0.6 is 0 Å². The van der Waals surface area contributed by atoms with Crippen molar-refractivity contribution in [2.45, 2.75) is 33.2 Å². The molecule has 2 amide bonds. The predicted octanol–water partition coefficient (Wildman–Crippen LogP) is 0.945. The van der Waals surface area contributed by atoms with Gasteiger partial charge in [-0.05, 0) is 38.8 Å². The maximum absolute atomic E-state index is 12.7. The Labute approximate surface area is 147 Å². The number of benzene rings is 1. The molecule has 0 unspecified atom stereocenters. The maximum Gasteiger partial charge on any atom is 0.265 e. The van der Waals surface area contributed by atoms with Gasteiger partial charge in [0.05, 0.1) is 22.9 Å². The van der Waals surface area contributed by atoms with Gasteiger partial charge in [-0.2, -0.15) is 10.1 Å². The Bertz CT molecular complexity index is 876. The molecule has 1 N–H and O–H groups in total. The second kappa shape index (κ2) is 6.25. The van der Waals surface area contributed by atoms with E-state index in [0.29, 0.717) is 17.8 Å². The number of amides is 2. The largest absolute Gasteiger partial charge is 0.351 e. The van der Waals surface area contributed by atoms with E-state index in [1.165, 1.54) is 5.01 Å². The first-order valence-corrected chi connectivity index (χ1v) is 9.97. The van der Waals surface area contributed by atoms with Gasteiger partial charge in [-0.15, -0.1) is 0 Å². The second-order valence-electron chi connectivity index (χ2n) is 6.72. The molecule has 2 aliphatic rings. The molecule has 0 saturated carbocycles. The summed E-state index contributed by atoms with van der Waals surface area (Å²) in [5, 5.41) is 8.21. The minimum Gasteiger partial charge on any atom is -0.351 e. The lowest BCUT2D eigenvalue weighted by Gasteiger charge is -2.18. The van der Waals surface area contributed by atoms with E-state index in [2.05, 4.69) is 10.4 Å². The zero-order valence-corrected chi connectivity index (χ0v) is 15.3. The highest BCUT2D eigenvalue weighted by Crippen LogP contribution is 2.28. The van der Waals surface area contributed by atoms with E-state index >= 15 is 0 Å². The van der Waals surface area contributed by atoms with Gasteiger partial charge in [0, 0.05) is 6.04 Å². The van der Waals surface area contributed by atoms with Crippen LogP contribution in [0, 0.1) is 19.8 Å². The normalized spacial score (nSPS) is 25.2. The molecule has 134 valence electrons. The number of hydrogen-bond donors (Lipinski definition) is 1. The highest BCUT2D eigenvalue weighted by molar-refractivity contribution is 7.91. The second-order valence-corrected chi connectivity index (χ2v) is 8.95. The molecule has 0 aliphatic carbocycles. The van der Waals surface area contributed by atoms with Gasteiger partial charge in [0.1, 0.15) is 0 Å². The predicted molar refractivity (Wildman–Crippen MR) is 95.2 cm³/mol. The van der Waals surface area contributed by atoms with Gasteiger partial charge < -0.3 is 5.32 Å². The summed E-state index contributed by atoms with van der Waals surface area (Å²) in [5.41, 5.74) is 3.02. The van der Waals surface area contributed by atoms with Crippen LogP contribution in [0.3, 0.4) is 0 Å². The van der Waals surface area contributed by atoms with E-state index in [4.69, 9.17) is 0 Å². The standard InChI is InChI=1S/C17H21N3O4S/c1-10-4-5-14(11(2)8-10)20-17(22)15(12(3)19-20)16(21)18-13-6-7-25(23,24)9-13/h4-5,8,13,15H,6-7,9H2,1-3H3,(H,18,21)/t13-,15+/m1/s1. The Morgan fingerprint density at radius 1 is 1.28 bits per heavy atom. The number of hydrogen-bond acceptors (Lipinski definition) is 5. The van der Waals surface area contributed by atoms with Gasteiger partial charge in [0.25, 0.3) is 5.91 Å². The summed E-state index contributed by atoms with van der Waals surface area (Å²) in [6, 6.07) is 5.21. The highest BCUT2D eigenvalue weighted by atomic mass is 32.2. The van der Waals surface area contributed by atoms with Gasteiger partial charge in [-0.1, -0.05) is 17.7 Å². The van der Waals surface area contributed by atoms with Crippen LogP contribution in [0.4, 0.5) is 5.69 Å². The summed E-state index contributed by atoms with van der Waals surface area (Å²) in [6.07, 6.45) is 0.381.